The van der Waals surface area contributed by atoms with E-state index in [1.54, 1.807) is 6.20 Å². The van der Waals surface area contributed by atoms with Gasteiger partial charge in [0.25, 0.3) is 0 Å². The second-order valence-corrected chi connectivity index (χ2v) is 8.78. The molecule has 1 heterocycles. The van der Waals surface area contributed by atoms with E-state index >= 15 is 0 Å². The highest BCUT2D eigenvalue weighted by Crippen LogP contribution is 2.39. The smallest absolute Gasteiger partial charge is 0.310 e. The Morgan fingerprint density at radius 2 is 1.88 bits per heavy atom. The summed E-state index contributed by atoms with van der Waals surface area (Å²) in [6.07, 6.45) is 3.74. The van der Waals surface area contributed by atoms with Crippen molar-refractivity contribution in [3.63, 3.8) is 0 Å². The summed E-state index contributed by atoms with van der Waals surface area (Å²) in [5.74, 6) is 1.05. The number of esters is 1. The number of rotatable bonds is 6. The summed E-state index contributed by atoms with van der Waals surface area (Å²) in [6.45, 7) is 4.22. The Morgan fingerprint density at radius 1 is 1.06 bits per heavy atom. The number of nitrogens with zero attached hydrogens (tertiary/aromatic N) is 1. The molecule has 0 aliphatic heterocycles. The second kappa shape index (κ2) is 9.18. The molecule has 1 aliphatic carbocycles. The fraction of sp³-hybridized carbons (Fsp3) is 0.241. The van der Waals surface area contributed by atoms with Crippen molar-refractivity contribution in [2.75, 3.05) is 12.3 Å². The van der Waals surface area contributed by atoms with Gasteiger partial charge in [-0.3, -0.25) is 4.79 Å². The maximum Gasteiger partial charge on any atom is 0.310 e. The molecule has 0 radical (unpaired) electrons. The van der Waals surface area contributed by atoms with E-state index in [0.29, 0.717) is 12.4 Å². The lowest BCUT2D eigenvalue weighted by Gasteiger charge is -2.19. The number of fused-ring (bicyclic) bond motifs is 2. The summed E-state index contributed by atoms with van der Waals surface area (Å²) in [5, 5.41) is 2.03. The predicted octanol–water partition coefficient (Wildman–Crippen LogP) is 5.96. The van der Waals surface area contributed by atoms with Gasteiger partial charge in [-0.05, 0) is 84.2 Å². The molecule has 1 aromatic heterocycles. The minimum absolute atomic E-state index is 0.0649. The lowest BCUT2D eigenvalue weighted by Crippen LogP contribution is -2.11. The van der Waals surface area contributed by atoms with E-state index in [9.17, 15) is 4.79 Å². The third-order valence-corrected chi connectivity index (χ3v) is 6.43. The average molecular weight is 453 g/mol. The van der Waals surface area contributed by atoms with Crippen LogP contribution in [0.3, 0.4) is 0 Å². The Morgan fingerprint density at radius 3 is 2.74 bits per heavy atom. The monoisotopic (exact) mass is 452 g/mol. The number of pyridine rings is 1. The number of nitrogen functional groups attached to an aromatic ring is 1. The van der Waals surface area contributed by atoms with E-state index in [2.05, 4.69) is 41.4 Å². The van der Waals surface area contributed by atoms with Crippen molar-refractivity contribution < 1.29 is 14.3 Å². The highest BCUT2D eigenvalue weighted by atomic mass is 16.5. The summed E-state index contributed by atoms with van der Waals surface area (Å²) in [5.41, 5.74) is 12.8. The summed E-state index contributed by atoms with van der Waals surface area (Å²) >= 11 is 0. The molecule has 3 aromatic carbocycles. The van der Waals surface area contributed by atoms with Crippen LogP contribution in [-0.4, -0.2) is 17.6 Å². The summed E-state index contributed by atoms with van der Waals surface area (Å²) in [7, 11) is 0. The van der Waals surface area contributed by atoms with Crippen molar-refractivity contribution in [2.24, 2.45) is 0 Å². The zero-order chi connectivity index (χ0) is 23.7. The van der Waals surface area contributed by atoms with E-state index < -0.39 is 0 Å². The third-order valence-electron chi connectivity index (χ3n) is 6.43. The Hall–Kier alpha value is -3.86. The molecule has 1 atom stereocenters. The normalized spacial score (nSPS) is 14.7. The van der Waals surface area contributed by atoms with Gasteiger partial charge in [-0.1, -0.05) is 36.4 Å². The van der Waals surface area contributed by atoms with E-state index in [1.807, 2.05) is 38.1 Å². The fourth-order valence-electron chi connectivity index (χ4n) is 4.68. The van der Waals surface area contributed by atoms with Crippen LogP contribution in [0.4, 0.5) is 5.82 Å². The molecule has 0 saturated carbocycles. The van der Waals surface area contributed by atoms with Gasteiger partial charge in [0.15, 0.2) is 0 Å². The van der Waals surface area contributed by atoms with Gasteiger partial charge in [0.2, 0.25) is 0 Å². The van der Waals surface area contributed by atoms with Crippen molar-refractivity contribution in [3.8, 4) is 16.9 Å². The van der Waals surface area contributed by atoms with E-state index in [1.165, 1.54) is 11.1 Å². The van der Waals surface area contributed by atoms with Crippen molar-refractivity contribution >= 4 is 22.6 Å². The van der Waals surface area contributed by atoms with Crippen molar-refractivity contribution in [3.05, 3.63) is 89.1 Å². The molecule has 2 N–H and O–H groups in total. The SMILES string of the molecule is CCOC(=O)Cc1ccc(C)cc1OC1CCc2ccc(-c3ccc4ccnc(N)c4c3)cc21. The minimum Gasteiger partial charge on any atom is -0.485 e. The minimum atomic E-state index is -0.240. The van der Waals surface area contributed by atoms with Crippen LogP contribution in [0.2, 0.25) is 0 Å². The molecule has 5 nitrogen and oxygen atoms in total. The summed E-state index contributed by atoms with van der Waals surface area (Å²) in [4.78, 5) is 16.3. The maximum absolute atomic E-state index is 12.1. The Kier molecular flexibility index (Phi) is 5.93. The van der Waals surface area contributed by atoms with Crippen molar-refractivity contribution in [1.29, 1.82) is 0 Å². The zero-order valence-electron chi connectivity index (χ0n) is 19.5. The van der Waals surface area contributed by atoms with Crippen LogP contribution in [0, 0.1) is 6.92 Å². The summed E-state index contributed by atoms with van der Waals surface area (Å²) < 4.78 is 11.7. The van der Waals surface area contributed by atoms with Crippen LogP contribution in [0.15, 0.2) is 66.9 Å². The van der Waals surface area contributed by atoms with Gasteiger partial charge in [-0.2, -0.15) is 0 Å². The van der Waals surface area contributed by atoms with E-state index in [0.717, 1.165) is 51.6 Å². The lowest BCUT2D eigenvalue weighted by molar-refractivity contribution is -0.142. The topological polar surface area (TPSA) is 74.4 Å². The Bertz CT molecular complexity index is 1380. The van der Waals surface area contributed by atoms with E-state index in [-0.39, 0.29) is 18.5 Å². The molecular formula is C29H28N2O3. The molecule has 0 amide bonds. The van der Waals surface area contributed by atoms with Gasteiger partial charge in [0, 0.05) is 17.1 Å². The molecule has 1 unspecified atom stereocenters. The van der Waals surface area contributed by atoms with Gasteiger partial charge in [0.05, 0.1) is 13.0 Å². The second-order valence-electron chi connectivity index (χ2n) is 8.78. The highest BCUT2D eigenvalue weighted by molar-refractivity contribution is 5.94. The number of aromatic nitrogens is 1. The molecule has 34 heavy (non-hydrogen) atoms. The average Bonchev–Trinajstić information content (AvgIpc) is 3.23. The number of carbonyl (C=O) groups is 1. The predicted molar refractivity (Wildman–Crippen MR) is 135 cm³/mol. The molecule has 0 bridgehead atoms. The van der Waals surface area contributed by atoms with Crippen molar-refractivity contribution in [1.82, 2.24) is 4.98 Å². The first-order valence-corrected chi connectivity index (χ1v) is 11.7. The number of ether oxygens (including phenoxy) is 2. The number of hydrogen-bond donors (Lipinski definition) is 1. The Balaban J connectivity index is 1.46. The number of carbonyl (C=O) groups excluding carboxylic acids is 1. The number of hydrogen-bond acceptors (Lipinski definition) is 5. The van der Waals surface area contributed by atoms with Crippen LogP contribution in [-0.2, 0) is 22.4 Å². The molecule has 5 rings (SSSR count). The first-order valence-electron chi connectivity index (χ1n) is 11.7. The first kappa shape index (κ1) is 22.0. The van der Waals surface area contributed by atoms with Gasteiger partial charge >= 0.3 is 5.97 Å². The highest BCUT2D eigenvalue weighted by Gasteiger charge is 2.26. The number of nitrogens with two attached hydrogens (primary N) is 1. The number of benzene rings is 3. The van der Waals surface area contributed by atoms with Crippen LogP contribution in [0.1, 0.15) is 41.7 Å². The van der Waals surface area contributed by atoms with Gasteiger partial charge in [0.1, 0.15) is 17.7 Å². The van der Waals surface area contributed by atoms with Crippen LogP contribution in [0.25, 0.3) is 21.9 Å². The molecule has 0 saturated heterocycles. The molecule has 172 valence electrons. The van der Waals surface area contributed by atoms with Crippen LogP contribution in [0.5, 0.6) is 5.75 Å². The van der Waals surface area contributed by atoms with Gasteiger partial charge < -0.3 is 15.2 Å². The van der Waals surface area contributed by atoms with Crippen LogP contribution < -0.4 is 10.5 Å². The van der Waals surface area contributed by atoms with Crippen LogP contribution >= 0.6 is 0 Å². The standard InChI is InChI=1S/C29H28N2O3/c1-3-33-28(32)17-23-5-4-18(2)14-27(23)34-26-11-10-19-6-8-21(15-24(19)26)22-9-7-20-12-13-31-29(30)25(20)16-22/h4-9,12-16,26H,3,10-11,17H2,1-2H3,(H2,30,31). The largest absolute Gasteiger partial charge is 0.485 e. The molecule has 1 aliphatic rings. The van der Waals surface area contributed by atoms with Crippen molar-refractivity contribution in [2.45, 2.75) is 39.2 Å². The molecule has 0 fully saturated rings. The molecule has 4 aromatic rings. The third kappa shape index (κ3) is 4.34. The molecular weight excluding hydrogens is 424 g/mol. The Labute approximate surface area is 199 Å². The van der Waals surface area contributed by atoms with Gasteiger partial charge in [-0.25, -0.2) is 4.98 Å². The quantitative estimate of drug-likeness (QED) is 0.365. The zero-order valence-corrected chi connectivity index (χ0v) is 19.5. The fourth-order valence-corrected chi connectivity index (χ4v) is 4.68. The maximum atomic E-state index is 12.1. The molecule has 0 spiro atoms. The first-order chi connectivity index (χ1) is 16.5. The lowest BCUT2D eigenvalue weighted by atomic mass is 9.98. The number of anilines is 1. The van der Waals surface area contributed by atoms with E-state index in [4.69, 9.17) is 15.2 Å². The number of aryl methyl sites for hydroxylation is 2. The summed E-state index contributed by atoms with van der Waals surface area (Å²) in [6, 6.07) is 20.8. The van der Waals surface area contributed by atoms with Gasteiger partial charge in [-0.15, -0.1) is 0 Å². The molecule has 5 heteroatoms.